The molecular formula is C17H25NO. The van der Waals surface area contributed by atoms with Crippen LogP contribution in [-0.4, -0.2) is 23.3 Å². The normalized spacial score (nSPS) is 34.8. The average molecular weight is 259 g/mol. The zero-order valence-electron chi connectivity index (χ0n) is 11.8. The summed E-state index contributed by atoms with van der Waals surface area (Å²) in [5.41, 5.74) is 2.98. The molecule has 104 valence electrons. The lowest BCUT2D eigenvalue weighted by Crippen LogP contribution is -2.47. The van der Waals surface area contributed by atoms with E-state index in [1.807, 2.05) is 0 Å². The second-order valence-corrected chi connectivity index (χ2v) is 6.39. The van der Waals surface area contributed by atoms with Gasteiger partial charge < -0.3 is 10.4 Å². The fourth-order valence-electron chi connectivity index (χ4n) is 3.63. The summed E-state index contributed by atoms with van der Waals surface area (Å²) in [5, 5.41) is 13.3. The molecule has 2 N–H and O–H groups in total. The molecule has 0 unspecified atom stereocenters. The molecule has 2 aliphatic rings. The summed E-state index contributed by atoms with van der Waals surface area (Å²) in [7, 11) is 0. The van der Waals surface area contributed by atoms with Crippen molar-refractivity contribution in [2.75, 3.05) is 0 Å². The molecule has 0 heterocycles. The molecule has 3 rings (SSSR count). The molecule has 2 fully saturated rings. The Bertz CT molecular complexity index is 417. The van der Waals surface area contributed by atoms with Crippen LogP contribution < -0.4 is 5.32 Å². The standard InChI is InChI=1S/C17H25NO/c1-12-4-2-3-5-17(12)13-10-15(11-13)18-14-6-8-16(19)9-7-14/h2-5,13-16,18-19H,6-11H2,1H3. The highest BCUT2D eigenvalue weighted by molar-refractivity contribution is 5.31. The van der Waals surface area contributed by atoms with Gasteiger partial charge in [-0.25, -0.2) is 0 Å². The van der Waals surface area contributed by atoms with Gasteiger partial charge in [0.15, 0.2) is 0 Å². The molecule has 1 aromatic rings. The Labute approximate surface area is 116 Å². The van der Waals surface area contributed by atoms with Gasteiger partial charge in [0, 0.05) is 12.1 Å². The van der Waals surface area contributed by atoms with Gasteiger partial charge in [-0.05, 0) is 62.5 Å². The highest BCUT2D eigenvalue weighted by Gasteiger charge is 2.33. The van der Waals surface area contributed by atoms with E-state index in [1.165, 1.54) is 18.4 Å². The lowest BCUT2D eigenvalue weighted by atomic mass is 9.74. The van der Waals surface area contributed by atoms with Crippen LogP contribution >= 0.6 is 0 Å². The first-order valence-electron chi connectivity index (χ1n) is 7.72. The Morgan fingerprint density at radius 1 is 1.00 bits per heavy atom. The van der Waals surface area contributed by atoms with Crippen LogP contribution in [0.2, 0.25) is 0 Å². The Kier molecular flexibility index (Phi) is 3.90. The number of aliphatic hydroxyl groups is 1. The summed E-state index contributed by atoms with van der Waals surface area (Å²) in [4.78, 5) is 0. The Balaban J connectivity index is 1.47. The highest BCUT2D eigenvalue weighted by atomic mass is 16.3. The predicted molar refractivity (Wildman–Crippen MR) is 78.3 cm³/mol. The number of aliphatic hydroxyl groups excluding tert-OH is 1. The quantitative estimate of drug-likeness (QED) is 0.874. The molecule has 2 nitrogen and oxygen atoms in total. The van der Waals surface area contributed by atoms with Crippen molar-refractivity contribution in [3.63, 3.8) is 0 Å². The van der Waals surface area contributed by atoms with Crippen LogP contribution in [0.15, 0.2) is 24.3 Å². The van der Waals surface area contributed by atoms with E-state index in [0.717, 1.165) is 31.6 Å². The average Bonchev–Trinajstić information content (AvgIpc) is 2.37. The zero-order valence-corrected chi connectivity index (χ0v) is 11.8. The van der Waals surface area contributed by atoms with Crippen molar-refractivity contribution in [3.8, 4) is 0 Å². The van der Waals surface area contributed by atoms with E-state index in [1.54, 1.807) is 5.56 Å². The minimum Gasteiger partial charge on any atom is -0.393 e. The Hall–Kier alpha value is -0.860. The topological polar surface area (TPSA) is 32.3 Å². The number of aryl methyl sites for hydroxylation is 1. The van der Waals surface area contributed by atoms with Crippen LogP contribution in [0.3, 0.4) is 0 Å². The molecule has 0 aromatic heterocycles. The van der Waals surface area contributed by atoms with Crippen LogP contribution in [0.5, 0.6) is 0 Å². The fraction of sp³-hybridized carbons (Fsp3) is 0.647. The summed E-state index contributed by atoms with van der Waals surface area (Å²) in [6, 6.07) is 10.1. The molecule has 2 heteroatoms. The van der Waals surface area contributed by atoms with Crippen molar-refractivity contribution in [2.45, 2.75) is 69.6 Å². The third kappa shape index (κ3) is 3.01. The van der Waals surface area contributed by atoms with Crippen molar-refractivity contribution in [1.29, 1.82) is 0 Å². The molecule has 0 aliphatic heterocycles. The lowest BCUT2D eigenvalue weighted by Gasteiger charge is -2.40. The fourth-order valence-corrected chi connectivity index (χ4v) is 3.63. The van der Waals surface area contributed by atoms with Gasteiger partial charge >= 0.3 is 0 Å². The molecule has 0 amide bonds. The predicted octanol–water partition coefficient (Wildman–Crippen LogP) is 3.13. The van der Waals surface area contributed by atoms with Gasteiger partial charge in [-0.15, -0.1) is 0 Å². The van der Waals surface area contributed by atoms with Crippen LogP contribution in [0, 0.1) is 6.92 Å². The third-order valence-corrected chi connectivity index (χ3v) is 4.93. The second kappa shape index (κ2) is 5.64. The SMILES string of the molecule is Cc1ccccc1C1CC(NC2CCC(O)CC2)C1. The highest BCUT2D eigenvalue weighted by Crippen LogP contribution is 2.39. The molecule has 2 saturated carbocycles. The first-order valence-corrected chi connectivity index (χ1v) is 7.72. The zero-order chi connectivity index (χ0) is 13.2. The molecule has 1 aromatic carbocycles. The monoisotopic (exact) mass is 259 g/mol. The van der Waals surface area contributed by atoms with Gasteiger partial charge in [-0.1, -0.05) is 24.3 Å². The minimum absolute atomic E-state index is 0.0424. The van der Waals surface area contributed by atoms with Crippen molar-refractivity contribution in [2.24, 2.45) is 0 Å². The van der Waals surface area contributed by atoms with Crippen molar-refractivity contribution in [3.05, 3.63) is 35.4 Å². The summed E-state index contributed by atoms with van der Waals surface area (Å²) >= 11 is 0. The van der Waals surface area contributed by atoms with E-state index >= 15 is 0 Å². The molecule has 0 spiro atoms. The van der Waals surface area contributed by atoms with E-state index in [9.17, 15) is 5.11 Å². The van der Waals surface area contributed by atoms with Gasteiger partial charge in [-0.2, -0.15) is 0 Å². The molecule has 0 bridgehead atoms. The first kappa shape index (κ1) is 13.1. The summed E-state index contributed by atoms with van der Waals surface area (Å²) in [6.45, 7) is 2.22. The third-order valence-electron chi connectivity index (χ3n) is 4.93. The number of rotatable bonds is 3. The summed E-state index contributed by atoms with van der Waals surface area (Å²) in [6.07, 6.45) is 6.77. The maximum absolute atomic E-state index is 9.53. The van der Waals surface area contributed by atoms with Crippen LogP contribution in [0.1, 0.15) is 55.6 Å². The van der Waals surface area contributed by atoms with E-state index in [-0.39, 0.29) is 6.10 Å². The lowest BCUT2D eigenvalue weighted by molar-refractivity contribution is 0.108. The molecule has 2 aliphatic carbocycles. The van der Waals surface area contributed by atoms with Crippen molar-refractivity contribution < 1.29 is 5.11 Å². The van der Waals surface area contributed by atoms with E-state index < -0.39 is 0 Å². The van der Waals surface area contributed by atoms with Crippen molar-refractivity contribution in [1.82, 2.24) is 5.32 Å². The van der Waals surface area contributed by atoms with Gasteiger partial charge in [0.25, 0.3) is 0 Å². The second-order valence-electron chi connectivity index (χ2n) is 6.39. The maximum Gasteiger partial charge on any atom is 0.0541 e. The van der Waals surface area contributed by atoms with Crippen LogP contribution in [-0.2, 0) is 0 Å². The maximum atomic E-state index is 9.53. The largest absolute Gasteiger partial charge is 0.393 e. The van der Waals surface area contributed by atoms with Crippen molar-refractivity contribution >= 4 is 0 Å². The van der Waals surface area contributed by atoms with Crippen LogP contribution in [0.25, 0.3) is 0 Å². The van der Waals surface area contributed by atoms with Gasteiger partial charge in [0.1, 0.15) is 0 Å². The van der Waals surface area contributed by atoms with Gasteiger partial charge in [0.05, 0.1) is 6.10 Å². The summed E-state index contributed by atoms with van der Waals surface area (Å²) < 4.78 is 0. The van der Waals surface area contributed by atoms with E-state index in [2.05, 4.69) is 36.5 Å². The smallest absolute Gasteiger partial charge is 0.0541 e. The summed E-state index contributed by atoms with van der Waals surface area (Å²) in [5.74, 6) is 0.757. The molecule has 0 atom stereocenters. The molecule has 19 heavy (non-hydrogen) atoms. The molecule has 0 radical (unpaired) electrons. The first-order chi connectivity index (χ1) is 9.22. The Morgan fingerprint density at radius 3 is 2.37 bits per heavy atom. The number of nitrogens with one attached hydrogen (secondary N) is 1. The van der Waals surface area contributed by atoms with Crippen LogP contribution in [0.4, 0.5) is 0 Å². The number of benzene rings is 1. The van der Waals surface area contributed by atoms with E-state index in [4.69, 9.17) is 0 Å². The number of hydrogen-bond acceptors (Lipinski definition) is 2. The van der Waals surface area contributed by atoms with Gasteiger partial charge in [0.2, 0.25) is 0 Å². The van der Waals surface area contributed by atoms with E-state index in [0.29, 0.717) is 12.1 Å². The molecular weight excluding hydrogens is 234 g/mol. The Morgan fingerprint density at radius 2 is 1.68 bits per heavy atom. The molecule has 0 saturated heterocycles. The van der Waals surface area contributed by atoms with Gasteiger partial charge in [-0.3, -0.25) is 0 Å². The number of hydrogen-bond donors (Lipinski definition) is 2. The minimum atomic E-state index is -0.0424.